The van der Waals surface area contributed by atoms with Crippen LogP contribution in [-0.4, -0.2) is 64.9 Å². The van der Waals surface area contributed by atoms with Gasteiger partial charge in [-0.15, -0.1) is 5.10 Å². The van der Waals surface area contributed by atoms with Crippen molar-refractivity contribution in [3.8, 4) is 0 Å². The van der Waals surface area contributed by atoms with Gasteiger partial charge < -0.3 is 19.7 Å². The van der Waals surface area contributed by atoms with E-state index in [9.17, 15) is 4.79 Å². The van der Waals surface area contributed by atoms with Crippen LogP contribution in [-0.2, 0) is 22.4 Å². The highest BCUT2D eigenvalue weighted by atomic mass is 16.7. The second kappa shape index (κ2) is 11.0. The van der Waals surface area contributed by atoms with Gasteiger partial charge in [0.1, 0.15) is 0 Å². The molecule has 0 atom stereocenters. The van der Waals surface area contributed by atoms with Gasteiger partial charge in [-0.25, -0.2) is 4.68 Å². The Morgan fingerprint density at radius 3 is 2.48 bits per heavy atom. The van der Waals surface area contributed by atoms with Gasteiger partial charge in [-0.3, -0.25) is 4.79 Å². The first-order chi connectivity index (χ1) is 14.2. The molecule has 1 fully saturated rings. The molecule has 8 nitrogen and oxygen atoms in total. The standard InChI is InChI=1S/C21H31N5O3/c1-3-28-20(29-4-2)16-26-15-19(23-24-26)21(27)22-18-9-7-17(8-10-18)11-14-25-12-5-6-13-25/h7-10,15,20H,3-6,11-14,16H2,1-2H3,(H,22,27). The predicted octanol–water partition coefficient (Wildman–Crippen LogP) is 2.57. The molecular formula is C21H31N5O3. The SMILES string of the molecule is CCOC(Cn1cc(C(=O)Nc2ccc(CCN3CCCC3)cc2)nn1)OCC. The first-order valence-corrected chi connectivity index (χ1v) is 10.4. The molecular weight excluding hydrogens is 370 g/mol. The average Bonchev–Trinajstić information content (AvgIpc) is 3.40. The molecule has 0 saturated carbocycles. The molecule has 2 aromatic rings. The van der Waals surface area contributed by atoms with Gasteiger partial charge in [-0.1, -0.05) is 17.3 Å². The third-order valence-corrected chi connectivity index (χ3v) is 4.94. The van der Waals surface area contributed by atoms with Crippen LogP contribution in [0.4, 0.5) is 5.69 Å². The summed E-state index contributed by atoms with van der Waals surface area (Å²) in [6, 6.07) is 8.00. The van der Waals surface area contributed by atoms with Crippen molar-refractivity contribution in [2.24, 2.45) is 0 Å². The fourth-order valence-electron chi connectivity index (χ4n) is 3.41. The molecule has 1 saturated heterocycles. The van der Waals surface area contributed by atoms with Crippen LogP contribution in [0.2, 0.25) is 0 Å². The van der Waals surface area contributed by atoms with Crippen LogP contribution in [0.5, 0.6) is 0 Å². The van der Waals surface area contributed by atoms with E-state index in [2.05, 4.69) is 32.7 Å². The number of hydrogen-bond donors (Lipinski definition) is 1. The zero-order valence-electron chi connectivity index (χ0n) is 17.3. The smallest absolute Gasteiger partial charge is 0.277 e. The maximum Gasteiger partial charge on any atom is 0.277 e. The number of rotatable bonds is 11. The number of ether oxygens (including phenoxy) is 2. The molecule has 2 heterocycles. The molecule has 0 spiro atoms. The van der Waals surface area contributed by atoms with Crippen LogP contribution in [0.3, 0.4) is 0 Å². The van der Waals surface area contributed by atoms with Gasteiger partial charge >= 0.3 is 0 Å². The van der Waals surface area contributed by atoms with Crippen molar-refractivity contribution in [1.29, 1.82) is 0 Å². The number of carbonyl (C=O) groups is 1. The second-order valence-corrected chi connectivity index (χ2v) is 7.12. The Hall–Kier alpha value is -2.29. The molecule has 1 aliphatic heterocycles. The molecule has 0 aliphatic carbocycles. The van der Waals surface area contributed by atoms with E-state index in [1.165, 1.54) is 31.5 Å². The lowest BCUT2D eigenvalue weighted by Gasteiger charge is -2.16. The number of nitrogens with zero attached hydrogens (tertiary/aromatic N) is 4. The van der Waals surface area contributed by atoms with Crippen LogP contribution < -0.4 is 5.32 Å². The molecule has 1 aliphatic rings. The van der Waals surface area contributed by atoms with Gasteiger partial charge in [-0.05, 0) is 63.9 Å². The number of benzene rings is 1. The van der Waals surface area contributed by atoms with Gasteiger partial charge in [0.05, 0.1) is 12.7 Å². The van der Waals surface area contributed by atoms with Crippen LogP contribution in [0.15, 0.2) is 30.5 Å². The monoisotopic (exact) mass is 401 g/mol. The van der Waals surface area contributed by atoms with E-state index in [-0.39, 0.29) is 11.6 Å². The molecule has 1 N–H and O–H groups in total. The summed E-state index contributed by atoms with van der Waals surface area (Å²) in [6.07, 6.45) is 4.85. The maximum atomic E-state index is 12.5. The van der Waals surface area contributed by atoms with Crippen molar-refractivity contribution >= 4 is 11.6 Å². The largest absolute Gasteiger partial charge is 0.351 e. The number of hydrogen-bond acceptors (Lipinski definition) is 6. The van der Waals surface area contributed by atoms with E-state index in [0.29, 0.717) is 19.8 Å². The quantitative estimate of drug-likeness (QED) is 0.583. The van der Waals surface area contributed by atoms with E-state index in [1.807, 2.05) is 26.0 Å². The van der Waals surface area contributed by atoms with Crippen molar-refractivity contribution in [2.75, 3.05) is 38.2 Å². The van der Waals surface area contributed by atoms with Gasteiger partial charge in [0.2, 0.25) is 0 Å². The normalized spacial score (nSPS) is 14.6. The van der Waals surface area contributed by atoms with Gasteiger partial charge in [-0.2, -0.15) is 0 Å². The van der Waals surface area contributed by atoms with Crippen LogP contribution >= 0.6 is 0 Å². The summed E-state index contributed by atoms with van der Waals surface area (Å²) < 4.78 is 12.6. The van der Waals surface area contributed by atoms with Gasteiger partial charge in [0.25, 0.3) is 5.91 Å². The highest BCUT2D eigenvalue weighted by Gasteiger charge is 2.15. The Morgan fingerprint density at radius 2 is 1.83 bits per heavy atom. The zero-order chi connectivity index (χ0) is 20.5. The van der Waals surface area contributed by atoms with Crippen molar-refractivity contribution in [3.05, 3.63) is 41.7 Å². The van der Waals surface area contributed by atoms with Crippen LogP contribution in [0.1, 0.15) is 42.7 Å². The summed E-state index contributed by atoms with van der Waals surface area (Å²) >= 11 is 0. The zero-order valence-corrected chi connectivity index (χ0v) is 17.3. The molecule has 3 rings (SSSR count). The number of amides is 1. The molecule has 0 bridgehead atoms. The van der Waals surface area contributed by atoms with Crippen LogP contribution in [0, 0.1) is 0 Å². The maximum absolute atomic E-state index is 12.5. The van der Waals surface area contributed by atoms with Crippen molar-refractivity contribution in [1.82, 2.24) is 19.9 Å². The van der Waals surface area contributed by atoms with E-state index >= 15 is 0 Å². The first kappa shape index (κ1) is 21.4. The van der Waals surface area contributed by atoms with Gasteiger partial charge in [0.15, 0.2) is 12.0 Å². The minimum absolute atomic E-state index is 0.259. The predicted molar refractivity (Wildman–Crippen MR) is 111 cm³/mol. The fourth-order valence-corrected chi connectivity index (χ4v) is 3.41. The summed E-state index contributed by atoms with van der Waals surface area (Å²) in [5, 5.41) is 10.8. The van der Waals surface area contributed by atoms with E-state index in [4.69, 9.17) is 9.47 Å². The Bertz CT molecular complexity index is 750. The summed E-state index contributed by atoms with van der Waals surface area (Å²) in [6.45, 7) is 8.80. The molecule has 158 valence electrons. The summed E-state index contributed by atoms with van der Waals surface area (Å²) in [5.41, 5.74) is 2.28. The second-order valence-electron chi connectivity index (χ2n) is 7.12. The lowest BCUT2D eigenvalue weighted by atomic mass is 10.1. The summed E-state index contributed by atoms with van der Waals surface area (Å²) in [5.74, 6) is -0.287. The molecule has 29 heavy (non-hydrogen) atoms. The highest BCUT2D eigenvalue weighted by Crippen LogP contribution is 2.13. The summed E-state index contributed by atoms with van der Waals surface area (Å²) in [4.78, 5) is 15.0. The number of carbonyl (C=O) groups excluding carboxylic acids is 1. The Labute approximate surface area is 172 Å². The van der Waals surface area contributed by atoms with E-state index in [1.54, 1.807) is 10.9 Å². The highest BCUT2D eigenvalue weighted by molar-refractivity contribution is 6.02. The Morgan fingerprint density at radius 1 is 1.14 bits per heavy atom. The lowest BCUT2D eigenvalue weighted by Crippen LogP contribution is -2.24. The van der Waals surface area contributed by atoms with Crippen molar-refractivity contribution < 1.29 is 14.3 Å². The molecule has 8 heteroatoms. The molecule has 0 radical (unpaired) electrons. The third kappa shape index (κ3) is 6.62. The third-order valence-electron chi connectivity index (χ3n) is 4.94. The van der Waals surface area contributed by atoms with E-state index < -0.39 is 6.29 Å². The number of anilines is 1. The Balaban J connectivity index is 1.50. The minimum atomic E-state index is -0.407. The van der Waals surface area contributed by atoms with Crippen molar-refractivity contribution in [2.45, 2.75) is 45.9 Å². The van der Waals surface area contributed by atoms with Crippen LogP contribution in [0.25, 0.3) is 0 Å². The van der Waals surface area contributed by atoms with Gasteiger partial charge in [0, 0.05) is 25.4 Å². The number of nitrogens with one attached hydrogen (secondary N) is 1. The summed E-state index contributed by atoms with van der Waals surface area (Å²) in [7, 11) is 0. The van der Waals surface area contributed by atoms with Crippen molar-refractivity contribution in [3.63, 3.8) is 0 Å². The molecule has 0 unspecified atom stereocenters. The fraction of sp³-hybridized carbons (Fsp3) is 0.571. The first-order valence-electron chi connectivity index (χ1n) is 10.4. The molecule has 1 aromatic heterocycles. The number of likely N-dealkylation sites (tertiary alicyclic amines) is 1. The number of aromatic nitrogens is 3. The topological polar surface area (TPSA) is 81.5 Å². The molecule has 1 amide bonds. The molecule has 1 aromatic carbocycles. The van der Waals surface area contributed by atoms with E-state index in [0.717, 1.165) is 18.7 Å². The lowest BCUT2D eigenvalue weighted by molar-refractivity contribution is -0.145. The minimum Gasteiger partial charge on any atom is -0.351 e. The average molecular weight is 402 g/mol. The Kier molecular flexibility index (Phi) is 8.15.